The average molecular weight is 329 g/mol. The van der Waals surface area contributed by atoms with Crippen molar-refractivity contribution in [2.45, 2.75) is 65.1 Å². The number of hydrogen-bond donors (Lipinski definition) is 0. The van der Waals surface area contributed by atoms with Crippen LogP contribution in [0.2, 0.25) is 0 Å². The SMILES string of the molecule is CC(C)OC(CCCc1ccc(F)cc1F)(O[Si])OC(C)C. The third-order valence-electron chi connectivity index (χ3n) is 2.93. The maximum Gasteiger partial charge on any atom is 0.273 e. The minimum atomic E-state index is -1.23. The molecule has 0 aliphatic rings. The number of rotatable bonds is 9. The Morgan fingerprint density at radius 2 is 1.68 bits per heavy atom. The number of halogens is 2. The highest BCUT2D eigenvalue weighted by atomic mass is 28.2. The molecule has 0 saturated heterocycles. The Morgan fingerprint density at radius 3 is 2.14 bits per heavy atom. The van der Waals surface area contributed by atoms with Gasteiger partial charge in [0.1, 0.15) is 11.6 Å². The molecule has 0 aliphatic heterocycles. The Labute approximate surface area is 134 Å². The molecule has 1 aromatic rings. The van der Waals surface area contributed by atoms with Gasteiger partial charge in [0.25, 0.3) is 16.5 Å². The number of aryl methyl sites for hydroxylation is 1. The molecule has 0 amide bonds. The van der Waals surface area contributed by atoms with Crippen molar-refractivity contribution >= 4 is 10.5 Å². The predicted molar refractivity (Wildman–Crippen MR) is 81.3 cm³/mol. The van der Waals surface area contributed by atoms with E-state index in [1.165, 1.54) is 12.1 Å². The maximum atomic E-state index is 13.6. The van der Waals surface area contributed by atoms with Crippen LogP contribution in [0, 0.1) is 11.6 Å². The first-order valence-corrected chi connectivity index (χ1v) is 7.83. The van der Waals surface area contributed by atoms with Crippen molar-refractivity contribution in [1.29, 1.82) is 0 Å². The molecule has 0 heterocycles. The molecule has 22 heavy (non-hydrogen) atoms. The molecule has 6 heteroatoms. The lowest BCUT2D eigenvalue weighted by Gasteiger charge is -2.35. The molecule has 1 rings (SSSR count). The van der Waals surface area contributed by atoms with Crippen molar-refractivity contribution in [3.8, 4) is 0 Å². The summed E-state index contributed by atoms with van der Waals surface area (Å²) >= 11 is 0. The fourth-order valence-corrected chi connectivity index (χ4v) is 2.38. The second-order valence-corrected chi connectivity index (χ2v) is 5.91. The van der Waals surface area contributed by atoms with Crippen molar-refractivity contribution in [3.05, 3.63) is 35.4 Å². The summed E-state index contributed by atoms with van der Waals surface area (Å²) in [6, 6.07) is 3.59. The van der Waals surface area contributed by atoms with Gasteiger partial charge in [-0.2, -0.15) is 0 Å². The first-order valence-electron chi connectivity index (χ1n) is 7.42. The zero-order valence-electron chi connectivity index (χ0n) is 13.5. The van der Waals surface area contributed by atoms with Crippen molar-refractivity contribution in [2.24, 2.45) is 0 Å². The zero-order valence-corrected chi connectivity index (χ0v) is 14.5. The van der Waals surface area contributed by atoms with Crippen LogP contribution >= 0.6 is 0 Å². The highest BCUT2D eigenvalue weighted by Gasteiger charge is 2.34. The number of ether oxygens (including phenoxy) is 2. The molecule has 0 fully saturated rings. The van der Waals surface area contributed by atoms with Crippen LogP contribution in [0.4, 0.5) is 8.78 Å². The first-order chi connectivity index (χ1) is 10.3. The van der Waals surface area contributed by atoms with Crippen molar-refractivity contribution in [2.75, 3.05) is 0 Å². The molecule has 3 nitrogen and oxygen atoms in total. The summed E-state index contributed by atoms with van der Waals surface area (Å²) in [6.07, 6.45) is 1.21. The fourth-order valence-electron chi connectivity index (χ4n) is 2.18. The molecule has 0 atom stereocenters. The maximum absolute atomic E-state index is 13.6. The Kier molecular flexibility index (Phi) is 7.62. The number of hydrogen-bond acceptors (Lipinski definition) is 3. The average Bonchev–Trinajstić information content (AvgIpc) is 2.39. The van der Waals surface area contributed by atoms with E-state index in [1.54, 1.807) is 0 Å². The largest absolute Gasteiger partial charge is 0.371 e. The molecule has 0 saturated carbocycles. The van der Waals surface area contributed by atoms with Crippen LogP contribution in [0.15, 0.2) is 18.2 Å². The third kappa shape index (κ3) is 6.12. The van der Waals surface area contributed by atoms with Gasteiger partial charge in [-0.05, 0) is 52.2 Å². The second-order valence-electron chi connectivity index (χ2n) is 5.71. The summed E-state index contributed by atoms with van der Waals surface area (Å²) in [5, 5.41) is 0. The summed E-state index contributed by atoms with van der Waals surface area (Å²) in [5.41, 5.74) is 0.457. The minimum Gasteiger partial charge on any atom is -0.371 e. The van der Waals surface area contributed by atoms with Gasteiger partial charge in [0.05, 0.1) is 12.2 Å². The van der Waals surface area contributed by atoms with E-state index >= 15 is 0 Å². The normalized spacial score (nSPS) is 12.4. The topological polar surface area (TPSA) is 27.7 Å². The minimum absolute atomic E-state index is 0.0994. The summed E-state index contributed by atoms with van der Waals surface area (Å²) in [5.74, 6) is -2.35. The van der Waals surface area contributed by atoms with Crippen LogP contribution < -0.4 is 0 Å². The lowest BCUT2D eigenvalue weighted by molar-refractivity contribution is -0.369. The summed E-state index contributed by atoms with van der Waals surface area (Å²) in [7, 11) is 3.02. The monoisotopic (exact) mass is 329 g/mol. The molecule has 0 bridgehead atoms. The van der Waals surface area contributed by atoms with E-state index in [2.05, 4.69) is 10.5 Å². The molecular weight excluding hydrogens is 306 g/mol. The van der Waals surface area contributed by atoms with Gasteiger partial charge in [0.2, 0.25) is 0 Å². The van der Waals surface area contributed by atoms with Gasteiger partial charge >= 0.3 is 0 Å². The summed E-state index contributed by atoms with van der Waals surface area (Å²) in [6.45, 7) is 7.51. The highest BCUT2D eigenvalue weighted by molar-refractivity contribution is 5.98. The van der Waals surface area contributed by atoms with Gasteiger partial charge < -0.3 is 13.9 Å². The van der Waals surface area contributed by atoms with Gasteiger partial charge in [0.15, 0.2) is 0 Å². The van der Waals surface area contributed by atoms with Crippen molar-refractivity contribution in [1.82, 2.24) is 0 Å². The quantitative estimate of drug-likeness (QED) is 0.508. The third-order valence-corrected chi connectivity index (χ3v) is 3.24. The predicted octanol–water partition coefficient (Wildman–Crippen LogP) is 3.89. The molecule has 0 N–H and O–H groups in total. The zero-order chi connectivity index (χ0) is 16.8. The Balaban J connectivity index is 2.69. The van der Waals surface area contributed by atoms with E-state index < -0.39 is 17.6 Å². The molecule has 3 radical (unpaired) electrons. The van der Waals surface area contributed by atoms with E-state index in [1.807, 2.05) is 27.7 Å². The van der Waals surface area contributed by atoms with E-state index in [0.29, 0.717) is 24.8 Å². The van der Waals surface area contributed by atoms with Gasteiger partial charge in [-0.15, -0.1) is 0 Å². The van der Waals surface area contributed by atoms with Gasteiger partial charge in [-0.25, -0.2) is 8.78 Å². The van der Waals surface area contributed by atoms with Gasteiger partial charge in [-0.1, -0.05) is 6.07 Å². The molecule has 0 aliphatic carbocycles. The standard InChI is InChI=1S/C16H23F2O3Si/c1-11(2)19-16(21-22,20-12(3)4)9-5-6-13-7-8-14(17)10-15(13)18/h7-8,10-12H,5-6,9H2,1-4H3. The Bertz CT molecular complexity index is 457. The van der Waals surface area contributed by atoms with Crippen LogP contribution in [0.5, 0.6) is 0 Å². The van der Waals surface area contributed by atoms with Crippen LogP contribution in [-0.4, -0.2) is 28.7 Å². The van der Waals surface area contributed by atoms with Crippen LogP contribution in [0.1, 0.15) is 46.1 Å². The van der Waals surface area contributed by atoms with Crippen LogP contribution in [0.25, 0.3) is 0 Å². The Morgan fingerprint density at radius 1 is 1.09 bits per heavy atom. The van der Waals surface area contributed by atoms with E-state index in [0.717, 1.165) is 6.07 Å². The van der Waals surface area contributed by atoms with Gasteiger partial charge in [-0.3, -0.25) is 0 Å². The lowest BCUT2D eigenvalue weighted by atomic mass is 10.1. The molecule has 0 spiro atoms. The molecule has 1 aromatic carbocycles. The second kappa shape index (κ2) is 8.72. The summed E-state index contributed by atoms with van der Waals surface area (Å²) < 4.78 is 43.3. The van der Waals surface area contributed by atoms with E-state index in [-0.39, 0.29) is 12.2 Å². The first kappa shape index (κ1) is 19.2. The molecule has 0 aromatic heterocycles. The highest BCUT2D eigenvalue weighted by Crippen LogP contribution is 2.26. The van der Waals surface area contributed by atoms with E-state index in [4.69, 9.17) is 13.9 Å². The molecular formula is C16H23F2O3Si. The van der Waals surface area contributed by atoms with Crippen LogP contribution in [-0.2, 0) is 20.3 Å². The van der Waals surface area contributed by atoms with Crippen LogP contribution in [0.3, 0.4) is 0 Å². The smallest absolute Gasteiger partial charge is 0.273 e. The molecule has 0 unspecified atom stereocenters. The molecule has 123 valence electrons. The van der Waals surface area contributed by atoms with Crippen molar-refractivity contribution < 1.29 is 22.7 Å². The van der Waals surface area contributed by atoms with Gasteiger partial charge in [0, 0.05) is 12.5 Å². The lowest BCUT2D eigenvalue weighted by Crippen LogP contribution is -2.42. The summed E-state index contributed by atoms with van der Waals surface area (Å²) in [4.78, 5) is 0. The van der Waals surface area contributed by atoms with Crippen molar-refractivity contribution in [3.63, 3.8) is 0 Å². The fraction of sp³-hybridized carbons (Fsp3) is 0.625. The Hall–Kier alpha value is -0.823. The van der Waals surface area contributed by atoms with E-state index in [9.17, 15) is 8.78 Å². The number of benzene rings is 1.